The number of hydrogen-bond acceptors (Lipinski definition) is 4. The zero-order valence-corrected chi connectivity index (χ0v) is 17.6. The van der Waals surface area contributed by atoms with E-state index in [1.54, 1.807) is 36.4 Å². The number of halogens is 2. The van der Waals surface area contributed by atoms with E-state index < -0.39 is 15.8 Å². The van der Waals surface area contributed by atoms with Gasteiger partial charge in [0.1, 0.15) is 10.0 Å². The van der Waals surface area contributed by atoms with Gasteiger partial charge in [0.05, 0.1) is 12.2 Å². The molecule has 3 rings (SSSR count). The molecule has 1 aromatic heterocycles. The first kappa shape index (κ1) is 19.8. The van der Waals surface area contributed by atoms with Crippen molar-refractivity contribution in [3.05, 3.63) is 80.5 Å². The van der Waals surface area contributed by atoms with Gasteiger partial charge < -0.3 is 5.32 Å². The first-order valence-electron chi connectivity index (χ1n) is 7.75. The van der Waals surface area contributed by atoms with Crippen LogP contribution in [0, 0.1) is 9.39 Å². The average Bonchev–Trinajstić information content (AvgIpc) is 3.13. The monoisotopic (exact) mass is 516 g/mol. The second-order valence-electron chi connectivity index (χ2n) is 5.50. The highest BCUT2D eigenvalue weighted by atomic mass is 127. The summed E-state index contributed by atoms with van der Waals surface area (Å²) in [5.74, 6) is -0.884. The second-order valence-corrected chi connectivity index (χ2v) is 9.82. The third-order valence-electron chi connectivity index (χ3n) is 3.54. The Morgan fingerprint density at radius 1 is 1.07 bits per heavy atom. The highest BCUT2D eigenvalue weighted by molar-refractivity contribution is 14.1. The molecule has 27 heavy (non-hydrogen) atoms. The van der Waals surface area contributed by atoms with Crippen LogP contribution in [0.4, 0.5) is 10.1 Å². The zero-order valence-electron chi connectivity index (χ0n) is 13.8. The van der Waals surface area contributed by atoms with Crippen LogP contribution in [0.15, 0.2) is 64.9 Å². The van der Waals surface area contributed by atoms with Crippen LogP contribution >= 0.6 is 33.9 Å². The molecule has 5 nitrogen and oxygen atoms in total. The number of amides is 1. The van der Waals surface area contributed by atoms with E-state index in [1.165, 1.54) is 18.2 Å². The molecule has 0 spiro atoms. The molecule has 0 saturated heterocycles. The standard InChI is InChI=1S/C18H14FIN2O3S2/c19-15-10-13(20)6-8-16(15)22-27(24,25)17-9-7-14(26-17)11-21-18(23)12-4-2-1-3-5-12/h1-10,22H,11H2,(H,21,23). The Bertz CT molecular complexity index is 1070. The third kappa shape index (κ3) is 5.05. The summed E-state index contributed by atoms with van der Waals surface area (Å²) in [6.45, 7) is 0.200. The fourth-order valence-electron chi connectivity index (χ4n) is 2.22. The van der Waals surface area contributed by atoms with Crippen molar-refractivity contribution in [2.45, 2.75) is 10.8 Å². The quantitative estimate of drug-likeness (QED) is 0.482. The van der Waals surface area contributed by atoms with E-state index in [1.807, 2.05) is 28.7 Å². The van der Waals surface area contributed by atoms with Crippen molar-refractivity contribution >= 4 is 55.5 Å². The third-order valence-corrected chi connectivity index (χ3v) is 7.15. The first-order valence-corrected chi connectivity index (χ1v) is 11.1. The van der Waals surface area contributed by atoms with Gasteiger partial charge in [-0.15, -0.1) is 11.3 Å². The summed E-state index contributed by atoms with van der Waals surface area (Å²) in [5, 5.41) is 2.74. The van der Waals surface area contributed by atoms with E-state index in [0.717, 1.165) is 11.3 Å². The Labute approximate surface area is 173 Å². The van der Waals surface area contributed by atoms with Gasteiger partial charge >= 0.3 is 0 Å². The number of hydrogen-bond donors (Lipinski definition) is 2. The number of rotatable bonds is 6. The molecule has 0 bridgehead atoms. The Hall–Kier alpha value is -1.98. The van der Waals surface area contributed by atoms with Crippen LogP contribution in [0.1, 0.15) is 15.2 Å². The summed E-state index contributed by atoms with van der Waals surface area (Å²) in [6.07, 6.45) is 0. The van der Waals surface area contributed by atoms with Gasteiger partial charge in [0.25, 0.3) is 15.9 Å². The van der Waals surface area contributed by atoms with Gasteiger partial charge in [-0.2, -0.15) is 0 Å². The van der Waals surface area contributed by atoms with Crippen molar-refractivity contribution in [1.82, 2.24) is 5.32 Å². The van der Waals surface area contributed by atoms with E-state index in [9.17, 15) is 17.6 Å². The van der Waals surface area contributed by atoms with Gasteiger partial charge in [0.2, 0.25) is 0 Å². The minimum absolute atomic E-state index is 0.0458. The lowest BCUT2D eigenvalue weighted by Gasteiger charge is -2.07. The number of anilines is 1. The Balaban J connectivity index is 1.68. The number of carbonyl (C=O) groups is 1. The highest BCUT2D eigenvalue weighted by Gasteiger charge is 2.19. The number of nitrogens with one attached hydrogen (secondary N) is 2. The zero-order chi connectivity index (χ0) is 19.4. The van der Waals surface area contributed by atoms with Gasteiger partial charge in [-0.1, -0.05) is 18.2 Å². The van der Waals surface area contributed by atoms with Gasteiger partial charge in [-0.05, 0) is 65.1 Å². The van der Waals surface area contributed by atoms with Crippen LogP contribution in [0.2, 0.25) is 0 Å². The molecule has 140 valence electrons. The van der Waals surface area contributed by atoms with Gasteiger partial charge in [0.15, 0.2) is 0 Å². The Kier molecular flexibility index (Phi) is 6.12. The summed E-state index contributed by atoms with van der Waals surface area (Å²) in [4.78, 5) is 12.7. The molecule has 2 aromatic carbocycles. The second kappa shape index (κ2) is 8.36. The fraction of sp³-hybridized carbons (Fsp3) is 0.0556. The van der Waals surface area contributed by atoms with Crippen LogP contribution in [0.3, 0.4) is 0 Å². The Morgan fingerprint density at radius 3 is 2.52 bits per heavy atom. The highest BCUT2D eigenvalue weighted by Crippen LogP contribution is 2.26. The predicted molar refractivity (Wildman–Crippen MR) is 112 cm³/mol. The fourth-order valence-corrected chi connectivity index (χ4v) is 5.04. The predicted octanol–water partition coefficient (Wildman–Crippen LogP) is 4.22. The van der Waals surface area contributed by atoms with Crippen molar-refractivity contribution in [2.24, 2.45) is 0 Å². The van der Waals surface area contributed by atoms with E-state index in [0.29, 0.717) is 14.0 Å². The van der Waals surface area contributed by atoms with Crippen LogP contribution in [0.5, 0.6) is 0 Å². The SMILES string of the molecule is O=C(NCc1ccc(S(=O)(=O)Nc2ccc(I)cc2F)s1)c1ccccc1. The van der Waals surface area contributed by atoms with E-state index >= 15 is 0 Å². The molecule has 1 heterocycles. The lowest BCUT2D eigenvalue weighted by molar-refractivity contribution is 0.0951. The molecule has 3 aromatic rings. The summed E-state index contributed by atoms with van der Waals surface area (Å²) in [6, 6.07) is 16.0. The molecular weight excluding hydrogens is 502 g/mol. The molecule has 0 aliphatic rings. The molecule has 9 heteroatoms. The van der Waals surface area contributed by atoms with E-state index in [2.05, 4.69) is 10.0 Å². The molecule has 0 radical (unpaired) electrons. The molecule has 0 fully saturated rings. The van der Waals surface area contributed by atoms with Crippen LogP contribution in [0.25, 0.3) is 0 Å². The van der Waals surface area contributed by atoms with Gasteiger partial charge in [0, 0.05) is 14.0 Å². The molecule has 2 N–H and O–H groups in total. The maximum absolute atomic E-state index is 13.9. The van der Waals surface area contributed by atoms with Crippen molar-refractivity contribution in [1.29, 1.82) is 0 Å². The first-order chi connectivity index (χ1) is 12.8. The van der Waals surface area contributed by atoms with E-state index in [4.69, 9.17) is 0 Å². The summed E-state index contributed by atoms with van der Waals surface area (Å²) >= 11 is 2.96. The molecule has 0 aliphatic heterocycles. The van der Waals surface area contributed by atoms with Crippen LogP contribution in [-0.4, -0.2) is 14.3 Å². The molecule has 0 atom stereocenters. The summed E-state index contributed by atoms with van der Waals surface area (Å²) in [7, 11) is -3.91. The molecule has 1 amide bonds. The summed E-state index contributed by atoms with van der Waals surface area (Å²) in [5.41, 5.74) is 0.417. The summed E-state index contributed by atoms with van der Waals surface area (Å²) < 4.78 is 41.8. The van der Waals surface area contributed by atoms with Crippen molar-refractivity contribution < 1.29 is 17.6 Å². The number of thiophene rings is 1. The largest absolute Gasteiger partial charge is 0.347 e. The maximum atomic E-state index is 13.9. The normalized spacial score (nSPS) is 11.2. The molecule has 0 aliphatic carbocycles. The minimum atomic E-state index is -3.91. The number of carbonyl (C=O) groups excluding carboxylic acids is 1. The molecule has 0 saturated carbocycles. The number of sulfonamides is 1. The van der Waals surface area contributed by atoms with Gasteiger partial charge in [-0.3, -0.25) is 9.52 Å². The average molecular weight is 516 g/mol. The van der Waals surface area contributed by atoms with Crippen LogP contribution in [-0.2, 0) is 16.6 Å². The van der Waals surface area contributed by atoms with Gasteiger partial charge in [-0.25, -0.2) is 12.8 Å². The smallest absolute Gasteiger partial charge is 0.271 e. The lowest BCUT2D eigenvalue weighted by Crippen LogP contribution is -2.22. The van der Waals surface area contributed by atoms with Crippen LogP contribution < -0.4 is 10.0 Å². The topological polar surface area (TPSA) is 75.3 Å². The van der Waals surface area contributed by atoms with Crippen molar-refractivity contribution in [3.8, 4) is 0 Å². The molecular formula is C18H14FIN2O3S2. The Morgan fingerprint density at radius 2 is 1.81 bits per heavy atom. The van der Waals surface area contributed by atoms with Crippen molar-refractivity contribution in [3.63, 3.8) is 0 Å². The number of benzene rings is 2. The van der Waals surface area contributed by atoms with Crippen molar-refractivity contribution in [2.75, 3.05) is 4.72 Å². The molecule has 0 unspecified atom stereocenters. The lowest BCUT2D eigenvalue weighted by atomic mass is 10.2. The minimum Gasteiger partial charge on any atom is -0.347 e. The van der Waals surface area contributed by atoms with E-state index in [-0.39, 0.29) is 22.3 Å². The maximum Gasteiger partial charge on any atom is 0.271 e.